The van der Waals surface area contributed by atoms with E-state index in [0.29, 0.717) is 6.04 Å². The minimum atomic E-state index is 0.318. The highest BCUT2D eigenvalue weighted by Crippen LogP contribution is 2.37. The Balaban J connectivity index is 2.54. The van der Waals surface area contributed by atoms with Gasteiger partial charge in [0.05, 0.1) is 0 Å². The smallest absolute Gasteiger partial charge is 0.0308 e. The summed E-state index contributed by atoms with van der Waals surface area (Å²) in [5.41, 5.74) is 8.98. The molecule has 0 radical (unpaired) electrons. The van der Waals surface area contributed by atoms with Crippen molar-refractivity contribution < 1.29 is 0 Å². The van der Waals surface area contributed by atoms with Crippen molar-refractivity contribution in [2.45, 2.75) is 39.2 Å². The molecule has 0 saturated heterocycles. The van der Waals surface area contributed by atoms with Crippen LogP contribution in [0, 0.1) is 13.8 Å². The molecule has 2 rings (SSSR count). The molecule has 1 aromatic heterocycles. The molecular weight excluding hydrogens is 166 g/mol. The average Bonchev–Trinajstić information content (AvgIpc) is 2.29. The topological polar surface area (TPSA) is 26.0 Å². The highest BCUT2D eigenvalue weighted by atomic mass is 32.1. The average molecular weight is 181 g/mol. The summed E-state index contributed by atoms with van der Waals surface area (Å²) < 4.78 is 0. The number of hydrogen-bond acceptors (Lipinski definition) is 2. The molecule has 12 heavy (non-hydrogen) atoms. The summed E-state index contributed by atoms with van der Waals surface area (Å²) in [7, 11) is 0. The van der Waals surface area contributed by atoms with Crippen LogP contribution < -0.4 is 5.73 Å². The van der Waals surface area contributed by atoms with Gasteiger partial charge < -0.3 is 5.73 Å². The van der Waals surface area contributed by atoms with Gasteiger partial charge in [-0.2, -0.15) is 0 Å². The van der Waals surface area contributed by atoms with Crippen LogP contribution in [0.2, 0.25) is 0 Å². The Morgan fingerprint density at radius 1 is 1.42 bits per heavy atom. The lowest BCUT2D eigenvalue weighted by Gasteiger charge is -2.19. The van der Waals surface area contributed by atoms with Gasteiger partial charge in [0, 0.05) is 15.8 Å². The fourth-order valence-corrected chi connectivity index (χ4v) is 3.31. The molecule has 1 unspecified atom stereocenters. The first-order chi connectivity index (χ1) is 5.70. The molecule has 2 N–H and O–H groups in total. The number of fused-ring (bicyclic) bond motifs is 1. The molecule has 1 nitrogen and oxygen atoms in total. The molecule has 0 spiro atoms. The molecule has 2 heteroatoms. The van der Waals surface area contributed by atoms with E-state index in [-0.39, 0.29) is 0 Å². The van der Waals surface area contributed by atoms with Crippen LogP contribution in [0.25, 0.3) is 0 Å². The van der Waals surface area contributed by atoms with Crippen molar-refractivity contribution in [3.05, 3.63) is 20.9 Å². The molecule has 0 aromatic carbocycles. The van der Waals surface area contributed by atoms with Crippen LogP contribution in [0.5, 0.6) is 0 Å². The summed E-state index contributed by atoms with van der Waals surface area (Å²) in [5, 5.41) is 0. The summed E-state index contributed by atoms with van der Waals surface area (Å²) in [5.74, 6) is 0. The zero-order valence-electron chi connectivity index (χ0n) is 7.68. The van der Waals surface area contributed by atoms with E-state index in [4.69, 9.17) is 5.73 Å². The van der Waals surface area contributed by atoms with Crippen molar-refractivity contribution in [3.8, 4) is 0 Å². The van der Waals surface area contributed by atoms with Crippen LogP contribution in [0.1, 0.15) is 39.8 Å². The zero-order chi connectivity index (χ0) is 8.72. The van der Waals surface area contributed by atoms with Crippen LogP contribution in [0.4, 0.5) is 0 Å². The standard InChI is InChI=1S/C10H15NS/c1-6-7(2)12-9-5-3-4-8(11)10(6)9/h8H,3-5,11H2,1-2H3. The summed E-state index contributed by atoms with van der Waals surface area (Å²) >= 11 is 1.94. The molecule has 0 bridgehead atoms. The molecule has 1 aliphatic rings. The summed E-state index contributed by atoms with van der Waals surface area (Å²) in [4.78, 5) is 3.00. The van der Waals surface area contributed by atoms with E-state index in [1.165, 1.54) is 35.3 Å². The van der Waals surface area contributed by atoms with Crippen LogP contribution in [-0.4, -0.2) is 0 Å². The van der Waals surface area contributed by atoms with E-state index in [1.54, 1.807) is 4.88 Å². The van der Waals surface area contributed by atoms with E-state index in [1.807, 2.05) is 11.3 Å². The number of rotatable bonds is 0. The van der Waals surface area contributed by atoms with Crippen molar-refractivity contribution in [3.63, 3.8) is 0 Å². The SMILES string of the molecule is Cc1sc2c(c1C)C(N)CCC2. The van der Waals surface area contributed by atoms with E-state index in [0.717, 1.165) is 0 Å². The van der Waals surface area contributed by atoms with Crippen molar-refractivity contribution >= 4 is 11.3 Å². The van der Waals surface area contributed by atoms with Gasteiger partial charge in [0.25, 0.3) is 0 Å². The number of hydrogen-bond donors (Lipinski definition) is 1. The number of aryl methyl sites for hydroxylation is 2. The Hall–Kier alpha value is -0.340. The summed E-state index contributed by atoms with van der Waals surface area (Å²) in [6, 6.07) is 0.318. The quantitative estimate of drug-likeness (QED) is 0.654. The normalized spacial score (nSPS) is 22.4. The van der Waals surface area contributed by atoms with Crippen molar-refractivity contribution in [2.24, 2.45) is 5.73 Å². The number of nitrogens with two attached hydrogens (primary N) is 1. The van der Waals surface area contributed by atoms with Gasteiger partial charge in [-0.25, -0.2) is 0 Å². The van der Waals surface area contributed by atoms with Crippen LogP contribution in [0.3, 0.4) is 0 Å². The maximum absolute atomic E-state index is 6.07. The van der Waals surface area contributed by atoms with E-state index in [2.05, 4.69) is 13.8 Å². The lowest BCUT2D eigenvalue weighted by molar-refractivity contribution is 0.575. The fourth-order valence-electron chi connectivity index (χ4n) is 2.01. The zero-order valence-corrected chi connectivity index (χ0v) is 8.50. The third-order valence-electron chi connectivity index (χ3n) is 2.80. The van der Waals surface area contributed by atoms with Gasteiger partial charge in [0.15, 0.2) is 0 Å². The highest BCUT2D eigenvalue weighted by molar-refractivity contribution is 7.12. The maximum Gasteiger partial charge on any atom is 0.0308 e. The second-order valence-electron chi connectivity index (χ2n) is 3.62. The second kappa shape index (κ2) is 2.86. The third-order valence-corrected chi connectivity index (χ3v) is 4.08. The van der Waals surface area contributed by atoms with Gasteiger partial charge in [-0.1, -0.05) is 0 Å². The Morgan fingerprint density at radius 2 is 2.17 bits per heavy atom. The highest BCUT2D eigenvalue weighted by Gasteiger charge is 2.21. The van der Waals surface area contributed by atoms with Gasteiger partial charge in [-0.15, -0.1) is 11.3 Å². The van der Waals surface area contributed by atoms with Gasteiger partial charge in [0.1, 0.15) is 0 Å². The Labute approximate surface area is 77.6 Å². The molecule has 1 atom stereocenters. The molecule has 1 heterocycles. The number of thiophene rings is 1. The van der Waals surface area contributed by atoms with Crippen LogP contribution in [0.15, 0.2) is 0 Å². The molecule has 1 aromatic rings. The minimum Gasteiger partial charge on any atom is -0.324 e. The maximum atomic E-state index is 6.07. The van der Waals surface area contributed by atoms with Crippen molar-refractivity contribution in [2.75, 3.05) is 0 Å². The molecule has 0 saturated carbocycles. The predicted molar refractivity (Wildman–Crippen MR) is 53.7 cm³/mol. The second-order valence-corrected chi connectivity index (χ2v) is 4.93. The van der Waals surface area contributed by atoms with E-state index >= 15 is 0 Å². The van der Waals surface area contributed by atoms with Crippen LogP contribution >= 0.6 is 11.3 Å². The van der Waals surface area contributed by atoms with Gasteiger partial charge >= 0.3 is 0 Å². The monoisotopic (exact) mass is 181 g/mol. The minimum absolute atomic E-state index is 0.318. The molecule has 0 fully saturated rings. The Kier molecular flexibility index (Phi) is 1.97. The molecular formula is C10H15NS. The first-order valence-corrected chi connectivity index (χ1v) is 5.36. The Bertz CT molecular complexity index is 301. The van der Waals surface area contributed by atoms with Crippen molar-refractivity contribution in [1.29, 1.82) is 0 Å². The van der Waals surface area contributed by atoms with Gasteiger partial charge in [-0.3, -0.25) is 0 Å². The largest absolute Gasteiger partial charge is 0.324 e. The first kappa shape index (κ1) is 8.27. The summed E-state index contributed by atoms with van der Waals surface area (Å²) in [6.45, 7) is 4.40. The van der Waals surface area contributed by atoms with Gasteiger partial charge in [0.2, 0.25) is 0 Å². The predicted octanol–water partition coefficient (Wildman–Crippen LogP) is 2.70. The fraction of sp³-hybridized carbons (Fsp3) is 0.600. The van der Waals surface area contributed by atoms with Gasteiger partial charge in [-0.05, 0) is 44.2 Å². The van der Waals surface area contributed by atoms with E-state index < -0.39 is 0 Å². The third kappa shape index (κ3) is 1.10. The molecule has 0 aliphatic heterocycles. The van der Waals surface area contributed by atoms with Crippen molar-refractivity contribution in [1.82, 2.24) is 0 Å². The lowest BCUT2D eigenvalue weighted by Crippen LogP contribution is -2.16. The van der Waals surface area contributed by atoms with Crippen LogP contribution in [-0.2, 0) is 6.42 Å². The summed E-state index contributed by atoms with van der Waals surface area (Å²) in [6.07, 6.45) is 3.69. The van der Waals surface area contributed by atoms with E-state index in [9.17, 15) is 0 Å². The Morgan fingerprint density at radius 3 is 2.83 bits per heavy atom. The first-order valence-electron chi connectivity index (χ1n) is 4.54. The molecule has 1 aliphatic carbocycles. The molecule has 66 valence electrons. The lowest BCUT2D eigenvalue weighted by atomic mass is 9.91. The molecule has 0 amide bonds.